The van der Waals surface area contributed by atoms with Crippen LogP contribution in [0.15, 0.2) is 22.7 Å². The van der Waals surface area contributed by atoms with Crippen molar-refractivity contribution in [1.82, 2.24) is 0 Å². The van der Waals surface area contributed by atoms with Crippen molar-refractivity contribution in [2.24, 2.45) is 0 Å². The van der Waals surface area contributed by atoms with Gasteiger partial charge in [0.2, 0.25) is 0 Å². The molecule has 0 amide bonds. The molecule has 0 radical (unpaired) electrons. The minimum atomic E-state index is -0.343. The Balaban J connectivity index is 2.79. The lowest BCUT2D eigenvalue weighted by Crippen LogP contribution is -2.03. The molecule has 0 aliphatic rings. The summed E-state index contributed by atoms with van der Waals surface area (Å²) in [6.45, 7) is 0. The van der Waals surface area contributed by atoms with Gasteiger partial charge in [0.25, 0.3) is 0 Å². The third kappa shape index (κ3) is 3.12. The summed E-state index contributed by atoms with van der Waals surface area (Å²) in [6, 6.07) is 4.66. The molecule has 0 fully saturated rings. The molecule has 13 heavy (non-hydrogen) atoms. The summed E-state index contributed by atoms with van der Waals surface area (Å²) in [5, 5.41) is 0. The molecule has 0 saturated carbocycles. The molecule has 0 spiro atoms. The van der Waals surface area contributed by atoms with E-state index in [0.29, 0.717) is 10.0 Å². The number of hydrogen-bond donors (Lipinski definition) is 1. The van der Waals surface area contributed by atoms with Gasteiger partial charge in [-0.1, -0.05) is 6.07 Å². The number of benzene rings is 1. The van der Waals surface area contributed by atoms with E-state index in [-0.39, 0.29) is 23.8 Å². The molecular weight excluding hydrogens is 255 g/mol. The Kier molecular flexibility index (Phi) is 3.93. The number of carbonyl (C=O) groups excluding carboxylic acids is 1. The summed E-state index contributed by atoms with van der Waals surface area (Å²) in [6.07, 6.45) is 0.244. The van der Waals surface area contributed by atoms with Crippen LogP contribution in [-0.2, 0) is 11.2 Å². The molecule has 0 unspecified atom stereocenters. The van der Waals surface area contributed by atoms with Crippen LogP contribution in [0.3, 0.4) is 0 Å². The first-order valence-electron chi connectivity index (χ1n) is 3.70. The van der Waals surface area contributed by atoms with E-state index in [1.165, 1.54) is 6.07 Å². The zero-order valence-corrected chi connectivity index (χ0v) is 9.24. The highest BCUT2D eigenvalue weighted by molar-refractivity contribution is 9.10. The van der Waals surface area contributed by atoms with Crippen molar-refractivity contribution in [2.45, 2.75) is 6.42 Å². The van der Waals surface area contributed by atoms with Gasteiger partial charge in [0.1, 0.15) is 11.6 Å². The van der Waals surface area contributed by atoms with Gasteiger partial charge in [0.15, 0.2) is 0 Å². The minimum absolute atomic E-state index is 0.00921. The quantitative estimate of drug-likeness (QED) is 0.829. The molecule has 4 heteroatoms. The van der Waals surface area contributed by atoms with Gasteiger partial charge in [0, 0.05) is 12.2 Å². The number of hydrogen-bond acceptors (Lipinski definition) is 2. The van der Waals surface area contributed by atoms with Crippen LogP contribution >= 0.6 is 28.6 Å². The maximum absolute atomic E-state index is 13.0. The number of thiol groups is 1. The van der Waals surface area contributed by atoms with E-state index in [1.54, 1.807) is 12.1 Å². The van der Waals surface area contributed by atoms with Crippen molar-refractivity contribution in [3.63, 3.8) is 0 Å². The Bertz CT molecular complexity index is 327. The summed E-state index contributed by atoms with van der Waals surface area (Å²) in [5.41, 5.74) is 0.680. The third-order valence-corrected chi connectivity index (χ3v) is 2.56. The molecule has 1 nitrogen and oxygen atoms in total. The summed E-state index contributed by atoms with van der Waals surface area (Å²) >= 11 is 6.88. The normalized spacial score (nSPS) is 10.1. The Hall–Kier alpha value is -0.350. The number of halogens is 2. The maximum Gasteiger partial charge on any atom is 0.146 e. The van der Waals surface area contributed by atoms with Gasteiger partial charge in [-0.3, -0.25) is 4.79 Å². The molecule has 1 aromatic rings. The van der Waals surface area contributed by atoms with Gasteiger partial charge in [-0.15, -0.1) is 0 Å². The number of carbonyl (C=O) groups is 1. The fourth-order valence-corrected chi connectivity index (χ4v) is 1.29. The van der Waals surface area contributed by atoms with Gasteiger partial charge in [-0.05, 0) is 33.6 Å². The lowest BCUT2D eigenvalue weighted by Gasteiger charge is -2.00. The van der Waals surface area contributed by atoms with Crippen LogP contribution < -0.4 is 0 Å². The first-order chi connectivity index (χ1) is 6.13. The lowest BCUT2D eigenvalue weighted by molar-refractivity contribution is -0.115. The smallest absolute Gasteiger partial charge is 0.146 e. The standard InChI is InChI=1S/C9H8BrFOS/c10-8-2-1-6(4-9(8)11)3-7(12)5-13/h1-2,4,13H,3,5H2. The summed E-state index contributed by atoms with van der Waals surface area (Å²) in [4.78, 5) is 11.0. The van der Waals surface area contributed by atoms with Gasteiger partial charge >= 0.3 is 0 Å². The number of Topliss-reactive ketones (excluding diaryl/α,β-unsaturated/α-hetero) is 1. The van der Waals surface area contributed by atoms with E-state index < -0.39 is 0 Å². The predicted octanol–water partition coefficient (Wildman–Crippen LogP) is 2.63. The van der Waals surface area contributed by atoms with Gasteiger partial charge < -0.3 is 0 Å². The van der Waals surface area contributed by atoms with Crippen molar-refractivity contribution in [2.75, 3.05) is 5.75 Å². The van der Waals surface area contributed by atoms with E-state index in [9.17, 15) is 9.18 Å². The van der Waals surface area contributed by atoms with Crippen LogP contribution in [0, 0.1) is 5.82 Å². The van der Waals surface area contributed by atoms with Crippen molar-refractivity contribution < 1.29 is 9.18 Å². The van der Waals surface area contributed by atoms with E-state index in [2.05, 4.69) is 28.6 Å². The summed E-state index contributed by atoms with van der Waals surface area (Å²) in [5.74, 6) is -0.160. The van der Waals surface area contributed by atoms with E-state index >= 15 is 0 Å². The maximum atomic E-state index is 13.0. The highest BCUT2D eigenvalue weighted by Gasteiger charge is 2.04. The molecule has 0 saturated heterocycles. The molecule has 1 aromatic carbocycles. The topological polar surface area (TPSA) is 17.1 Å². The molecule has 0 aliphatic heterocycles. The van der Waals surface area contributed by atoms with Crippen LogP contribution in [0.2, 0.25) is 0 Å². The SMILES string of the molecule is O=C(CS)Cc1ccc(Br)c(F)c1. The summed E-state index contributed by atoms with van der Waals surface area (Å²) in [7, 11) is 0. The lowest BCUT2D eigenvalue weighted by atomic mass is 10.1. The highest BCUT2D eigenvalue weighted by Crippen LogP contribution is 2.16. The predicted molar refractivity (Wildman–Crippen MR) is 56.7 cm³/mol. The van der Waals surface area contributed by atoms with Gasteiger partial charge in [-0.25, -0.2) is 4.39 Å². The van der Waals surface area contributed by atoms with Crippen molar-refractivity contribution >= 4 is 34.3 Å². The Morgan fingerprint density at radius 3 is 2.77 bits per heavy atom. The zero-order valence-electron chi connectivity index (χ0n) is 6.76. The second-order valence-electron chi connectivity index (χ2n) is 2.62. The first kappa shape index (κ1) is 10.7. The molecule has 0 aliphatic carbocycles. The van der Waals surface area contributed by atoms with Crippen LogP contribution in [0.1, 0.15) is 5.56 Å². The largest absolute Gasteiger partial charge is 0.298 e. The Labute approximate surface area is 89.9 Å². The molecule has 0 N–H and O–H groups in total. The Morgan fingerprint density at radius 2 is 2.23 bits per heavy atom. The molecule has 0 bridgehead atoms. The molecular formula is C9H8BrFOS. The monoisotopic (exact) mass is 262 g/mol. The number of ketones is 1. The Morgan fingerprint density at radius 1 is 1.54 bits per heavy atom. The molecule has 0 aromatic heterocycles. The fourth-order valence-electron chi connectivity index (χ4n) is 0.933. The molecule has 0 atom stereocenters. The zero-order chi connectivity index (χ0) is 9.84. The minimum Gasteiger partial charge on any atom is -0.298 e. The second-order valence-corrected chi connectivity index (χ2v) is 3.79. The second kappa shape index (κ2) is 4.77. The van der Waals surface area contributed by atoms with Gasteiger partial charge in [0.05, 0.1) is 4.47 Å². The number of rotatable bonds is 3. The fraction of sp³-hybridized carbons (Fsp3) is 0.222. The average Bonchev–Trinajstić information content (AvgIpc) is 2.11. The van der Waals surface area contributed by atoms with E-state index in [0.717, 1.165) is 0 Å². The van der Waals surface area contributed by atoms with Crippen molar-refractivity contribution in [3.8, 4) is 0 Å². The molecule has 0 heterocycles. The highest BCUT2D eigenvalue weighted by atomic mass is 79.9. The van der Waals surface area contributed by atoms with Gasteiger partial charge in [-0.2, -0.15) is 12.6 Å². The third-order valence-electron chi connectivity index (χ3n) is 1.56. The molecule has 1 rings (SSSR count). The van der Waals surface area contributed by atoms with E-state index in [1.807, 2.05) is 0 Å². The van der Waals surface area contributed by atoms with E-state index in [4.69, 9.17) is 0 Å². The average molecular weight is 263 g/mol. The molecule has 70 valence electrons. The van der Waals surface area contributed by atoms with Crippen LogP contribution in [0.5, 0.6) is 0 Å². The van der Waals surface area contributed by atoms with Crippen molar-refractivity contribution in [1.29, 1.82) is 0 Å². The van der Waals surface area contributed by atoms with Crippen molar-refractivity contribution in [3.05, 3.63) is 34.1 Å². The summed E-state index contributed by atoms with van der Waals surface area (Å²) < 4.78 is 13.4. The first-order valence-corrected chi connectivity index (χ1v) is 5.12. The van der Waals surface area contributed by atoms with Crippen LogP contribution in [0.25, 0.3) is 0 Å². The van der Waals surface area contributed by atoms with Crippen LogP contribution in [0.4, 0.5) is 4.39 Å². The van der Waals surface area contributed by atoms with Crippen LogP contribution in [-0.4, -0.2) is 11.5 Å².